The smallest absolute Gasteiger partial charge is 0.209 e. The standard InChI is InChI=1S/C9H5F7O3S/c10-7(8(11,12)13,9(14,15)16)19-20(17,18)6-4-2-1-3-5-6/h1-5H. The summed E-state index contributed by atoms with van der Waals surface area (Å²) in [5.74, 6) is -6.32. The summed E-state index contributed by atoms with van der Waals surface area (Å²) in [7, 11) is -5.60. The van der Waals surface area contributed by atoms with Crippen molar-refractivity contribution in [1.29, 1.82) is 0 Å². The van der Waals surface area contributed by atoms with Gasteiger partial charge >= 0.3 is 28.3 Å². The first kappa shape index (κ1) is 16.7. The first-order valence-electron chi connectivity index (χ1n) is 4.64. The number of alkyl halides is 7. The fraction of sp³-hybridized carbons (Fsp3) is 0.333. The van der Waals surface area contributed by atoms with Crippen LogP contribution >= 0.6 is 0 Å². The summed E-state index contributed by atoms with van der Waals surface area (Å²) in [6.07, 6.45) is -13.2. The Kier molecular flexibility index (Phi) is 4.07. The maximum atomic E-state index is 13.1. The van der Waals surface area contributed by atoms with Crippen LogP contribution in [0.5, 0.6) is 0 Å². The minimum atomic E-state index is -6.62. The summed E-state index contributed by atoms with van der Waals surface area (Å²) in [5, 5.41) is 0. The van der Waals surface area contributed by atoms with E-state index in [0.29, 0.717) is 12.1 Å². The molecule has 0 heterocycles. The fourth-order valence-electron chi connectivity index (χ4n) is 1.04. The van der Waals surface area contributed by atoms with Gasteiger partial charge in [0.2, 0.25) is 0 Å². The van der Waals surface area contributed by atoms with Crippen molar-refractivity contribution in [3.05, 3.63) is 30.3 Å². The van der Waals surface area contributed by atoms with Crippen molar-refractivity contribution in [2.24, 2.45) is 0 Å². The van der Waals surface area contributed by atoms with Gasteiger partial charge in [-0.15, -0.1) is 0 Å². The van der Waals surface area contributed by atoms with Crippen molar-refractivity contribution < 1.29 is 43.3 Å². The molecule has 0 bridgehead atoms. The molecule has 0 aliphatic carbocycles. The van der Waals surface area contributed by atoms with Crippen molar-refractivity contribution in [2.75, 3.05) is 0 Å². The van der Waals surface area contributed by atoms with Gasteiger partial charge in [-0.3, -0.25) is 0 Å². The number of benzene rings is 1. The summed E-state index contributed by atoms with van der Waals surface area (Å²) in [5.41, 5.74) is 0. The van der Waals surface area contributed by atoms with Gasteiger partial charge in [-0.25, -0.2) is 4.18 Å². The van der Waals surface area contributed by atoms with E-state index in [2.05, 4.69) is 4.18 Å². The van der Waals surface area contributed by atoms with E-state index < -0.39 is 33.2 Å². The van der Waals surface area contributed by atoms with Crippen molar-refractivity contribution in [3.8, 4) is 0 Å². The van der Waals surface area contributed by atoms with Gasteiger partial charge in [0.15, 0.2) is 0 Å². The molecule has 0 radical (unpaired) electrons. The molecule has 0 saturated carbocycles. The van der Waals surface area contributed by atoms with Crippen molar-refractivity contribution >= 4 is 10.1 Å². The Morgan fingerprint density at radius 3 is 1.55 bits per heavy atom. The Balaban J connectivity index is 3.29. The lowest BCUT2D eigenvalue weighted by atomic mass is 10.3. The van der Waals surface area contributed by atoms with Crippen LogP contribution in [-0.2, 0) is 14.3 Å². The lowest BCUT2D eigenvalue weighted by Gasteiger charge is -2.28. The van der Waals surface area contributed by atoms with E-state index in [1.807, 2.05) is 0 Å². The van der Waals surface area contributed by atoms with Crippen LogP contribution in [0.3, 0.4) is 0 Å². The van der Waals surface area contributed by atoms with E-state index in [1.54, 1.807) is 0 Å². The molecule has 0 spiro atoms. The molecule has 114 valence electrons. The third-order valence-electron chi connectivity index (χ3n) is 1.99. The summed E-state index contributed by atoms with van der Waals surface area (Å²) < 4.78 is 111. The second-order valence-electron chi connectivity index (χ2n) is 3.44. The predicted molar refractivity (Wildman–Crippen MR) is 50.7 cm³/mol. The van der Waals surface area contributed by atoms with Gasteiger partial charge in [0.25, 0.3) is 0 Å². The number of rotatable bonds is 3. The normalized spacial score (nSPS) is 14.3. The molecule has 0 amide bonds. The van der Waals surface area contributed by atoms with Crippen LogP contribution in [0.25, 0.3) is 0 Å². The molecule has 1 aromatic carbocycles. The topological polar surface area (TPSA) is 43.4 Å². The van der Waals surface area contributed by atoms with E-state index in [0.717, 1.165) is 12.1 Å². The average Bonchev–Trinajstić information content (AvgIpc) is 2.26. The quantitative estimate of drug-likeness (QED) is 0.633. The largest absolute Gasteiger partial charge is 0.459 e. The molecule has 0 unspecified atom stereocenters. The Morgan fingerprint density at radius 1 is 0.800 bits per heavy atom. The number of hydrogen-bond donors (Lipinski definition) is 0. The highest BCUT2D eigenvalue weighted by atomic mass is 32.2. The van der Waals surface area contributed by atoms with E-state index in [1.165, 1.54) is 6.07 Å². The maximum absolute atomic E-state index is 13.1. The lowest BCUT2D eigenvalue weighted by molar-refractivity contribution is -0.405. The maximum Gasteiger partial charge on any atom is 0.459 e. The molecule has 0 aliphatic rings. The molecule has 3 nitrogen and oxygen atoms in total. The fourth-order valence-corrected chi connectivity index (χ4v) is 2.12. The minimum absolute atomic E-state index is 0.655. The van der Waals surface area contributed by atoms with E-state index in [4.69, 9.17) is 0 Å². The molecule has 0 saturated heterocycles. The second kappa shape index (κ2) is 4.88. The molecule has 0 fully saturated rings. The van der Waals surface area contributed by atoms with Crippen LogP contribution in [0.15, 0.2) is 35.2 Å². The first-order chi connectivity index (χ1) is 8.81. The summed E-state index contributed by atoms with van der Waals surface area (Å²) in [4.78, 5) is -1.05. The Labute approximate surface area is 108 Å². The molecule has 1 rings (SSSR count). The molecule has 0 aliphatic heterocycles. The minimum Gasteiger partial charge on any atom is -0.209 e. The van der Waals surface area contributed by atoms with Crippen LogP contribution in [0.1, 0.15) is 0 Å². The van der Waals surface area contributed by atoms with Gasteiger partial charge in [0.1, 0.15) is 0 Å². The zero-order valence-electron chi connectivity index (χ0n) is 9.17. The highest BCUT2D eigenvalue weighted by molar-refractivity contribution is 7.86. The molecule has 20 heavy (non-hydrogen) atoms. The van der Waals surface area contributed by atoms with Gasteiger partial charge in [0, 0.05) is 0 Å². The van der Waals surface area contributed by atoms with Crippen molar-refractivity contribution in [1.82, 2.24) is 0 Å². The second-order valence-corrected chi connectivity index (χ2v) is 4.99. The Hall–Kier alpha value is -1.36. The van der Waals surface area contributed by atoms with E-state index >= 15 is 0 Å². The molecular formula is C9H5F7O3S. The Morgan fingerprint density at radius 2 is 1.20 bits per heavy atom. The average molecular weight is 326 g/mol. The highest BCUT2D eigenvalue weighted by Crippen LogP contribution is 2.48. The lowest BCUT2D eigenvalue weighted by Crippen LogP contribution is -2.56. The van der Waals surface area contributed by atoms with Gasteiger partial charge in [-0.1, -0.05) is 18.2 Å². The van der Waals surface area contributed by atoms with Crippen molar-refractivity contribution in [3.63, 3.8) is 0 Å². The van der Waals surface area contributed by atoms with Crippen LogP contribution in [0, 0.1) is 0 Å². The third kappa shape index (κ3) is 3.03. The van der Waals surface area contributed by atoms with Gasteiger partial charge in [-0.2, -0.15) is 39.2 Å². The molecule has 0 N–H and O–H groups in total. The summed E-state index contributed by atoms with van der Waals surface area (Å²) in [6, 6.07) is 4.58. The molecule has 1 aromatic rings. The molecule has 0 atom stereocenters. The zero-order valence-corrected chi connectivity index (χ0v) is 9.98. The predicted octanol–water partition coefficient (Wildman–Crippen LogP) is 3.18. The van der Waals surface area contributed by atoms with Crippen molar-refractivity contribution in [2.45, 2.75) is 23.1 Å². The van der Waals surface area contributed by atoms with Crippen LogP contribution in [0.2, 0.25) is 0 Å². The summed E-state index contributed by atoms with van der Waals surface area (Å²) in [6.45, 7) is 0. The van der Waals surface area contributed by atoms with Gasteiger partial charge < -0.3 is 0 Å². The number of hydrogen-bond acceptors (Lipinski definition) is 3. The monoisotopic (exact) mass is 326 g/mol. The highest BCUT2D eigenvalue weighted by Gasteiger charge is 2.76. The zero-order chi connectivity index (χ0) is 15.8. The van der Waals surface area contributed by atoms with Gasteiger partial charge in [0.05, 0.1) is 4.90 Å². The molecular weight excluding hydrogens is 321 g/mol. The van der Waals surface area contributed by atoms with Gasteiger partial charge in [-0.05, 0) is 12.1 Å². The molecule has 0 aromatic heterocycles. The Bertz CT molecular complexity index is 547. The first-order valence-corrected chi connectivity index (χ1v) is 6.05. The van der Waals surface area contributed by atoms with Crippen LogP contribution < -0.4 is 0 Å². The summed E-state index contributed by atoms with van der Waals surface area (Å²) >= 11 is 0. The van der Waals surface area contributed by atoms with Crippen LogP contribution in [0.4, 0.5) is 30.7 Å². The van der Waals surface area contributed by atoms with Crippen LogP contribution in [-0.4, -0.2) is 26.6 Å². The third-order valence-corrected chi connectivity index (χ3v) is 3.28. The van der Waals surface area contributed by atoms with E-state index in [-0.39, 0.29) is 0 Å². The molecule has 11 heteroatoms. The SMILES string of the molecule is O=S(=O)(OC(F)(C(F)(F)F)C(F)(F)F)c1ccccc1. The van der Waals surface area contributed by atoms with E-state index in [9.17, 15) is 39.2 Å². The number of halogens is 7.